The number of furan rings is 1. The summed E-state index contributed by atoms with van der Waals surface area (Å²) >= 11 is 3.14. The smallest absolute Gasteiger partial charge is 0.308 e. The first kappa shape index (κ1) is 13.1. The summed E-state index contributed by atoms with van der Waals surface area (Å²) in [4.78, 5) is 24.8. The van der Waals surface area contributed by atoms with E-state index >= 15 is 0 Å². The number of nitrogens with zero attached hydrogens (tertiary/aromatic N) is 1. The Bertz CT molecular complexity index is 470. The number of carbonyl (C=O) groups excluding carboxylic acids is 1. The van der Waals surface area contributed by atoms with Crippen molar-refractivity contribution in [2.45, 2.75) is 25.8 Å². The average molecular weight is 316 g/mol. The van der Waals surface area contributed by atoms with Crippen LogP contribution in [0.2, 0.25) is 0 Å². The van der Waals surface area contributed by atoms with E-state index in [0.717, 1.165) is 0 Å². The largest absolute Gasteiger partial charge is 0.481 e. The number of likely N-dealkylation sites (tertiary alicyclic amines) is 1. The Labute approximate surface area is 113 Å². The van der Waals surface area contributed by atoms with Gasteiger partial charge in [0, 0.05) is 12.6 Å². The van der Waals surface area contributed by atoms with Crippen LogP contribution in [0.1, 0.15) is 30.3 Å². The van der Waals surface area contributed by atoms with Crippen molar-refractivity contribution in [3.63, 3.8) is 0 Å². The molecule has 1 N–H and O–H groups in total. The maximum Gasteiger partial charge on any atom is 0.308 e. The lowest BCUT2D eigenvalue weighted by molar-refractivity contribution is -0.143. The highest BCUT2D eigenvalue weighted by molar-refractivity contribution is 9.10. The molecule has 1 amide bonds. The van der Waals surface area contributed by atoms with E-state index in [1.165, 1.54) is 0 Å². The number of piperidine rings is 1. The van der Waals surface area contributed by atoms with Gasteiger partial charge in [-0.25, -0.2) is 0 Å². The van der Waals surface area contributed by atoms with E-state index in [2.05, 4.69) is 15.9 Å². The Morgan fingerprint density at radius 3 is 2.72 bits per heavy atom. The molecule has 1 aromatic heterocycles. The highest BCUT2D eigenvalue weighted by Crippen LogP contribution is 2.25. The fourth-order valence-corrected chi connectivity index (χ4v) is 2.47. The lowest BCUT2D eigenvalue weighted by atomic mass is 9.93. The van der Waals surface area contributed by atoms with Crippen LogP contribution in [0.25, 0.3) is 0 Å². The summed E-state index contributed by atoms with van der Waals surface area (Å²) in [5, 5.41) is 9.03. The first-order valence-electron chi connectivity index (χ1n) is 5.78. The molecule has 2 atom stereocenters. The van der Waals surface area contributed by atoms with Gasteiger partial charge in [-0.05, 0) is 47.8 Å². The zero-order valence-electron chi connectivity index (χ0n) is 9.93. The van der Waals surface area contributed by atoms with E-state index in [4.69, 9.17) is 9.52 Å². The molecule has 1 saturated heterocycles. The third kappa shape index (κ3) is 2.58. The number of halogens is 1. The molecule has 0 saturated carbocycles. The minimum Gasteiger partial charge on any atom is -0.481 e. The van der Waals surface area contributed by atoms with Crippen molar-refractivity contribution in [1.82, 2.24) is 4.90 Å². The van der Waals surface area contributed by atoms with Gasteiger partial charge < -0.3 is 14.4 Å². The zero-order chi connectivity index (χ0) is 13.3. The molecule has 5 nitrogen and oxygen atoms in total. The standard InChI is InChI=1S/C12H14BrNO4/c1-7-2-3-8(12(16)17)6-14(7)11(15)9-4-5-10(13)18-9/h4-5,7-8H,2-3,6H2,1H3,(H,16,17). The number of carboxylic acid groups (broad SMARTS) is 1. The number of rotatable bonds is 2. The van der Waals surface area contributed by atoms with Gasteiger partial charge in [-0.2, -0.15) is 0 Å². The SMILES string of the molecule is CC1CCC(C(=O)O)CN1C(=O)c1ccc(Br)o1. The van der Waals surface area contributed by atoms with Crippen molar-refractivity contribution in [1.29, 1.82) is 0 Å². The van der Waals surface area contributed by atoms with Crippen molar-refractivity contribution in [2.24, 2.45) is 5.92 Å². The van der Waals surface area contributed by atoms with Gasteiger partial charge in [0.1, 0.15) is 0 Å². The fraction of sp³-hybridized carbons (Fsp3) is 0.500. The number of hydrogen-bond donors (Lipinski definition) is 1. The molecule has 2 unspecified atom stereocenters. The molecular formula is C12H14BrNO4. The van der Waals surface area contributed by atoms with Gasteiger partial charge in [0.2, 0.25) is 0 Å². The molecule has 0 radical (unpaired) electrons. The van der Waals surface area contributed by atoms with E-state index in [1.807, 2.05) is 6.92 Å². The summed E-state index contributed by atoms with van der Waals surface area (Å²) in [7, 11) is 0. The second-order valence-corrected chi connectivity index (χ2v) is 5.30. The highest BCUT2D eigenvalue weighted by Gasteiger charge is 2.33. The lowest BCUT2D eigenvalue weighted by Gasteiger charge is -2.35. The quantitative estimate of drug-likeness (QED) is 0.909. The summed E-state index contributed by atoms with van der Waals surface area (Å²) in [6.45, 7) is 2.17. The molecular weight excluding hydrogens is 302 g/mol. The molecule has 2 heterocycles. The van der Waals surface area contributed by atoms with Crippen molar-refractivity contribution in [3.05, 3.63) is 22.6 Å². The van der Waals surface area contributed by atoms with Crippen LogP contribution >= 0.6 is 15.9 Å². The van der Waals surface area contributed by atoms with Gasteiger partial charge in [-0.3, -0.25) is 9.59 Å². The van der Waals surface area contributed by atoms with E-state index in [1.54, 1.807) is 17.0 Å². The molecule has 6 heteroatoms. The van der Waals surface area contributed by atoms with Gasteiger partial charge >= 0.3 is 5.97 Å². The summed E-state index contributed by atoms with van der Waals surface area (Å²) in [6, 6.07) is 3.28. The number of aliphatic carboxylic acids is 1. The van der Waals surface area contributed by atoms with Gasteiger partial charge in [-0.15, -0.1) is 0 Å². The predicted octanol–water partition coefficient (Wildman–Crippen LogP) is 2.37. The molecule has 1 aliphatic rings. The van der Waals surface area contributed by atoms with Crippen LogP contribution in [0.4, 0.5) is 0 Å². The molecule has 1 aromatic rings. The van der Waals surface area contributed by atoms with E-state index < -0.39 is 11.9 Å². The first-order valence-corrected chi connectivity index (χ1v) is 6.57. The van der Waals surface area contributed by atoms with Gasteiger partial charge in [-0.1, -0.05) is 0 Å². The Kier molecular flexibility index (Phi) is 3.75. The van der Waals surface area contributed by atoms with Gasteiger partial charge in [0.05, 0.1) is 5.92 Å². The first-order chi connectivity index (χ1) is 8.49. The summed E-state index contributed by atoms with van der Waals surface area (Å²) < 4.78 is 5.71. The van der Waals surface area contributed by atoms with Crippen molar-refractivity contribution in [3.8, 4) is 0 Å². The third-order valence-corrected chi connectivity index (χ3v) is 3.70. The maximum atomic E-state index is 12.2. The molecule has 98 valence electrons. The molecule has 1 fully saturated rings. The Hall–Kier alpha value is -1.30. The number of carboxylic acids is 1. The second-order valence-electron chi connectivity index (χ2n) is 4.52. The molecule has 0 bridgehead atoms. The van der Waals surface area contributed by atoms with Crippen molar-refractivity contribution < 1.29 is 19.1 Å². The number of carbonyl (C=O) groups is 2. The Morgan fingerprint density at radius 2 is 2.17 bits per heavy atom. The molecule has 0 aliphatic carbocycles. The molecule has 2 rings (SSSR count). The van der Waals surface area contributed by atoms with E-state index in [9.17, 15) is 9.59 Å². The average Bonchev–Trinajstić information content (AvgIpc) is 2.75. The normalized spacial score (nSPS) is 24.0. The minimum absolute atomic E-state index is 0.0389. The Morgan fingerprint density at radius 1 is 1.44 bits per heavy atom. The summed E-state index contributed by atoms with van der Waals surface area (Å²) in [6.07, 6.45) is 1.31. The van der Waals surface area contributed by atoms with Crippen LogP contribution in [0.5, 0.6) is 0 Å². The van der Waals surface area contributed by atoms with Crippen LogP contribution in [-0.2, 0) is 4.79 Å². The van der Waals surface area contributed by atoms with Crippen LogP contribution in [0.3, 0.4) is 0 Å². The fourth-order valence-electron chi connectivity index (χ4n) is 2.16. The highest BCUT2D eigenvalue weighted by atomic mass is 79.9. The van der Waals surface area contributed by atoms with E-state index in [0.29, 0.717) is 17.5 Å². The lowest BCUT2D eigenvalue weighted by Crippen LogP contribution is -2.47. The van der Waals surface area contributed by atoms with Crippen molar-refractivity contribution >= 4 is 27.8 Å². The second kappa shape index (κ2) is 5.14. The van der Waals surface area contributed by atoms with Gasteiger partial charge in [0.15, 0.2) is 10.4 Å². The summed E-state index contributed by atoms with van der Waals surface area (Å²) in [5.41, 5.74) is 0. The van der Waals surface area contributed by atoms with E-state index in [-0.39, 0.29) is 24.3 Å². The Balaban J connectivity index is 2.15. The van der Waals surface area contributed by atoms with Crippen molar-refractivity contribution in [2.75, 3.05) is 6.54 Å². The van der Waals surface area contributed by atoms with Gasteiger partial charge in [0.25, 0.3) is 5.91 Å². The van der Waals surface area contributed by atoms with Crippen LogP contribution in [0.15, 0.2) is 21.2 Å². The third-order valence-electron chi connectivity index (χ3n) is 3.28. The van der Waals surface area contributed by atoms with Crippen LogP contribution in [-0.4, -0.2) is 34.5 Å². The molecule has 1 aliphatic heterocycles. The van der Waals surface area contributed by atoms with Crippen LogP contribution in [0, 0.1) is 5.92 Å². The number of hydrogen-bond acceptors (Lipinski definition) is 3. The van der Waals surface area contributed by atoms with Crippen LogP contribution < -0.4 is 0 Å². The molecule has 18 heavy (non-hydrogen) atoms. The molecule has 0 aromatic carbocycles. The maximum absolute atomic E-state index is 12.2. The topological polar surface area (TPSA) is 70.8 Å². The minimum atomic E-state index is -0.847. The zero-order valence-corrected chi connectivity index (χ0v) is 11.5. The summed E-state index contributed by atoms with van der Waals surface area (Å²) in [5.74, 6) is -1.34. The monoisotopic (exact) mass is 315 g/mol. The predicted molar refractivity (Wildman–Crippen MR) is 67.3 cm³/mol. The number of amides is 1. The molecule has 0 spiro atoms.